The van der Waals surface area contributed by atoms with Crippen LogP contribution in [0.15, 0.2) is 48.0 Å². The maximum absolute atomic E-state index is 13.2. The smallest absolute Gasteiger partial charge is 0.295 e. The van der Waals surface area contributed by atoms with Crippen molar-refractivity contribution in [3.05, 3.63) is 79.0 Å². The third kappa shape index (κ3) is 4.28. The molecule has 28 heavy (non-hydrogen) atoms. The summed E-state index contributed by atoms with van der Waals surface area (Å²) in [6.45, 7) is 0. The van der Waals surface area contributed by atoms with Crippen molar-refractivity contribution in [1.29, 1.82) is 5.26 Å². The van der Waals surface area contributed by atoms with Crippen molar-refractivity contribution in [2.45, 2.75) is 0 Å². The summed E-state index contributed by atoms with van der Waals surface area (Å²) in [7, 11) is 0. The van der Waals surface area contributed by atoms with Gasteiger partial charge in [-0.05, 0) is 24.3 Å². The molecule has 1 aromatic heterocycles. The lowest BCUT2D eigenvalue weighted by Gasteiger charge is -2.03. The molecule has 1 N–H and O–H groups in total. The van der Waals surface area contributed by atoms with Crippen molar-refractivity contribution < 1.29 is 9.31 Å². The van der Waals surface area contributed by atoms with Crippen molar-refractivity contribution in [2.24, 2.45) is 0 Å². The minimum absolute atomic E-state index is 0.0559. The van der Waals surface area contributed by atoms with Crippen LogP contribution in [0, 0.1) is 27.3 Å². The molecule has 3 aromatic rings. The highest BCUT2D eigenvalue weighted by Crippen LogP contribution is 2.31. The number of thiazole rings is 1. The largest absolute Gasteiger partial charge is 0.355 e. The van der Waals surface area contributed by atoms with E-state index < -0.39 is 16.4 Å². The van der Waals surface area contributed by atoms with E-state index in [4.69, 9.17) is 23.2 Å². The first-order valence-electron chi connectivity index (χ1n) is 7.61. The van der Waals surface area contributed by atoms with Crippen LogP contribution in [0.2, 0.25) is 10.0 Å². The lowest BCUT2D eigenvalue weighted by atomic mass is 10.2. The first-order valence-corrected chi connectivity index (χ1v) is 9.24. The van der Waals surface area contributed by atoms with Gasteiger partial charge in [0.2, 0.25) is 0 Å². The van der Waals surface area contributed by atoms with Gasteiger partial charge in [0.05, 0.1) is 26.7 Å². The second-order valence-corrected chi connectivity index (χ2v) is 7.07. The van der Waals surface area contributed by atoms with Crippen LogP contribution in [0.25, 0.3) is 16.8 Å². The van der Waals surface area contributed by atoms with Gasteiger partial charge in [-0.25, -0.2) is 9.37 Å². The summed E-state index contributed by atoms with van der Waals surface area (Å²) in [6.07, 6.45) is 1.29. The number of halogens is 3. The van der Waals surface area contributed by atoms with Crippen molar-refractivity contribution in [3.8, 4) is 17.3 Å². The van der Waals surface area contributed by atoms with Gasteiger partial charge >= 0.3 is 0 Å². The van der Waals surface area contributed by atoms with Crippen LogP contribution < -0.4 is 5.32 Å². The van der Waals surface area contributed by atoms with Gasteiger partial charge in [0.25, 0.3) is 5.69 Å². The second kappa shape index (κ2) is 8.35. The zero-order chi connectivity index (χ0) is 20.3. The minimum atomic E-state index is -0.729. The standard InChI is InChI=1S/C18H9Cl2FN4O2S/c19-13-3-1-10(5-14(13)20)16-9-28-18(24-16)11(7-22)8-23-15-4-2-12(21)6-17(15)25(26)27/h1-6,8-9,23H/b11-8-. The van der Waals surface area contributed by atoms with Gasteiger partial charge in [0.15, 0.2) is 0 Å². The average molecular weight is 435 g/mol. The molecule has 0 aliphatic carbocycles. The van der Waals surface area contributed by atoms with E-state index >= 15 is 0 Å². The summed E-state index contributed by atoms with van der Waals surface area (Å²) < 4.78 is 13.2. The number of benzene rings is 2. The monoisotopic (exact) mass is 434 g/mol. The fourth-order valence-electron chi connectivity index (χ4n) is 2.26. The molecule has 0 atom stereocenters. The van der Waals surface area contributed by atoms with Crippen LogP contribution >= 0.6 is 34.5 Å². The SMILES string of the molecule is N#C/C(=C/Nc1ccc(F)cc1[N+](=O)[O-])c1nc(-c2ccc(Cl)c(Cl)c2)cs1. The molecular weight excluding hydrogens is 426 g/mol. The van der Waals surface area contributed by atoms with Gasteiger partial charge in [0.1, 0.15) is 28.2 Å². The van der Waals surface area contributed by atoms with E-state index in [0.29, 0.717) is 20.7 Å². The molecule has 0 spiro atoms. The van der Waals surface area contributed by atoms with Crippen molar-refractivity contribution in [3.63, 3.8) is 0 Å². The Labute approximate surface area is 172 Å². The summed E-state index contributed by atoms with van der Waals surface area (Å²) in [5.41, 5.74) is 1.11. The third-order valence-electron chi connectivity index (χ3n) is 3.60. The normalized spacial score (nSPS) is 11.1. The highest BCUT2D eigenvalue weighted by Gasteiger charge is 2.15. The fourth-order valence-corrected chi connectivity index (χ4v) is 3.35. The average Bonchev–Trinajstić information content (AvgIpc) is 3.15. The van der Waals surface area contributed by atoms with Crippen LogP contribution in [0.5, 0.6) is 0 Å². The number of aromatic nitrogens is 1. The van der Waals surface area contributed by atoms with Crippen molar-refractivity contribution in [2.75, 3.05) is 5.32 Å². The maximum Gasteiger partial charge on any atom is 0.295 e. The van der Waals surface area contributed by atoms with E-state index in [0.717, 1.165) is 17.7 Å². The molecule has 0 radical (unpaired) electrons. The molecule has 0 amide bonds. The Morgan fingerprint density at radius 1 is 1.29 bits per heavy atom. The van der Waals surface area contributed by atoms with E-state index in [9.17, 15) is 19.8 Å². The van der Waals surface area contributed by atoms with Gasteiger partial charge < -0.3 is 5.32 Å². The van der Waals surface area contributed by atoms with Gasteiger partial charge in [-0.1, -0.05) is 29.3 Å². The number of nitro groups is 1. The quantitative estimate of drug-likeness (QED) is 0.295. The van der Waals surface area contributed by atoms with Crippen molar-refractivity contribution >= 4 is 51.5 Å². The maximum atomic E-state index is 13.2. The number of nitrogens with one attached hydrogen (secondary N) is 1. The summed E-state index contributed by atoms with van der Waals surface area (Å²) in [5, 5.41) is 26.1. The molecule has 0 bridgehead atoms. The van der Waals surface area contributed by atoms with Crippen LogP contribution in [-0.2, 0) is 0 Å². The second-order valence-electron chi connectivity index (χ2n) is 5.40. The molecule has 0 aliphatic heterocycles. The Balaban J connectivity index is 1.89. The van der Waals surface area contributed by atoms with E-state index in [-0.39, 0.29) is 11.3 Å². The predicted molar refractivity (Wildman–Crippen MR) is 108 cm³/mol. The zero-order valence-corrected chi connectivity index (χ0v) is 16.1. The number of nitro benzene ring substituents is 1. The van der Waals surface area contributed by atoms with Crippen LogP contribution in [0.1, 0.15) is 5.01 Å². The van der Waals surface area contributed by atoms with Crippen molar-refractivity contribution in [1.82, 2.24) is 4.98 Å². The van der Waals surface area contributed by atoms with Gasteiger partial charge in [-0.3, -0.25) is 10.1 Å². The molecule has 0 unspecified atom stereocenters. The topological polar surface area (TPSA) is 91.8 Å². The molecule has 0 aliphatic rings. The summed E-state index contributed by atoms with van der Waals surface area (Å²) in [5.74, 6) is -0.729. The molecule has 0 saturated heterocycles. The molecule has 0 saturated carbocycles. The summed E-state index contributed by atoms with van der Waals surface area (Å²) >= 11 is 13.1. The van der Waals surface area contributed by atoms with Crippen LogP contribution in [-0.4, -0.2) is 9.91 Å². The van der Waals surface area contributed by atoms with Gasteiger partial charge in [0, 0.05) is 17.1 Å². The van der Waals surface area contributed by atoms with Gasteiger partial charge in [-0.15, -0.1) is 11.3 Å². The van der Waals surface area contributed by atoms with E-state index in [2.05, 4.69) is 10.3 Å². The number of rotatable bonds is 5. The van der Waals surface area contributed by atoms with E-state index in [1.54, 1.807) is 23.6 Å². The first-order chi connectivity index (χ1) is 13.4. The molecule has 2 aromatic carbocycles. The first kappa shape index (κ1) is 19.8. The van der Waals surface area contributed by atoms with Crippen LogP contribution in [0.3, 0.4) is 0 Å². The molecule has 3 rings (SSSR count). The number of hydrogen-bond donors (Lipinski definition) is 1. The zero-order valence-electron chi connectivity index (χ0n) is 13.8. The summed E-state index contributed by atoms with van der Waals surface area (Å²) in [4.78, 5) is 14.7. The highest BCUT2D eigenvalue weighted by atomic mass is 35.5. The predicted octanol–water partition coefficient (Wildman–Crippen LogP) is 6.14. The Hall–Kier alpha value is -2.99. The highest BCUT2D eigenvalue weighted by molar-refractivity contribution is 7.11. The number of nitrogens with zero attached hydrogens (tertiary/aromatic N) is 3. The van der Waals surface area contributed by atoms with E-state index in [1.807, 2.05) is 6.07 Å². The molecule has 6 nitrogen and oxygen atoms in total. The molecule has 140 valence electrons. The van der Waals surface area contributed by atoms with Crippen LogP contribution in [0.4, 0.5) is 15.8 Å². The lowest BCUT2D eigenvalue weighted by Crippen LogP contribution is -1.97. The minimum Gasteiger partial charge on any atom is -0.355 e. The Morgan fingerprint density at radius 3 is 2.75 bits per heavy atom. The lowest BCUT2D eigenvalue weighted by molar-refractivity contribution is -0.384. The summed E-state index contributed by atoms with van der Waals surface area (Å²) in [6, 6.07) is 10.2. The molecule has 1 heterocycles. The number of allylic oxidation sites excluding steroid dienone is 1. The fraction of sp³-hybridized carbons (Fsp3) is 0. The third-order valence-corrected chi connectivity index (χ3v) is 5.21. The molecule has 10 heteroatoms. The van der Waals surface area contributed by atoms with Gasteiger partial charge in [-0.2, -0.15) is 5.26 Å². The molecular formula is C18H9Cl2FN4O2S. The Bertz CT molecular complexity index is 1140. The Kier molecular flexibility index (Phi) is 5.90. The number of nitriles is 1. The molecule has 0 fully saturated rings. The number of anilines is 1. The Morgan fingerprint density at radius 2 is 2.07 bits per heavy atom. The van der Waals surface area contributed by atoms with E-state index in [1.165, 1.54) is 23.6 Å². The number of hydrogen-bond acceptors (Lipinski definition) is 6.